The topological polar surface area (TPSA) is 35.5 Å². The van der Waals surface area contributed by atoms with Gasteiger partial charge in [0.1, 0.15) is 5.75 Å². The van der Waals surface area contributed by atoms with Gasteiger partial charge in [-0.05, 0) is 43.4 Å². The molecule has 0 N–H and O–H groups in total. The van der Waals surface area contributed by atoms with E-state index < -0.39 is 17.6 Å². The summed E-state index contributed by atoms with van der Waals surface area (Å²) in [6.45, 7) is 1.31. The van der Waals surface area contributed by atoms with Gasteiger partial charge in [0.15, 0.2) is 0 Å². The molecule has 0 amide bonds. The highest BCUT2D eigenvalue weighted by molar-refractivity contribution is 5.80. The summed E-state index contributed by atoms with van der Waals surface area (Å²) in [5, 5.41) is 0. The molecule has 1 aromatic rings. The van der Waals surface area contributed by atoms with Crippen molar-refractivity contribution >= 4 is 5.97 Å². The van der Waals surface area contributed by atoms with Gasteiger partial charge in [0, 0.05) is 5.92 Å². The zero-order valence-corrected chi connectivity index (χ0v) is 11.5. The quantitative estimate of drug-likeness (QED) is 0.768. The lowest BCUT2D eigenvalue weighted by molar-refractivity contribution is -0.155. The SMILES string of the molecule is COC(=O)C(C)(F)C(c1cccc(OC)c1)C1CC1. The molecule has 1 saturated carbocycles. The summed E-state index contributed by atoms with van der Waals surface area (Å²) < 4.78 is 24.6. The van der Waals surface area contributed by atoms with E-state index >= 15 is 0 Å². The summed E-state index contributed by atoms with van der Waals surface area (Å²) in [5.74, 6) is -0.424. The van der Waals surface area contributed by atoms with E-state index in [4.69, 9.17) is 4.74 Å². The Hall–Kier alpha value is -1.58. The minimum atomic E-state index is -2.01. The molecular formula is C15H19FO3. The first-order chi connectivity index (χ1) is 9.00. The number of benzene rings is 1. The molecule has 0 aromatic heterocycles. The van der Waals surface area contributed by atoms with Crippen molar-refractivity contribution < 1.29 is 18.7 Å². The molecule has 2 atom stereocenters. The molecular weight excluding hydrogens is 247 g/mol. The Bertz CT molecular complexity index is 466. The third-order valence-corrected chi connectivity index (χ3v) is 3.71. The second-order valence-electron chi connectivity index (χ2n) is 5.16. The number of esters is 1. The van der Waals surface area contributed by atoms with Crippen LogP contribution in [0.1, 0.15) is 31.2 Å². The Morgan fingerprint density at radius 1 is 1.42 bits per heavy atom. The predicted molar refractivity (Wildman–Crippen MR) is 70.0 cm³/mol. The van der Waals surface area contributed by atoms with E-state index in [0.29, 0.717) is 5.75 Å². The van der Waals surface area contributed by atoms with Crippen LogP contribution in [-0.2, 0) is 9.53 Å². The second kappa shape index (κ2) is 5.19. The molecule has 4 heteroatoms. The summed E-state index contributed by atoms with van der Waals surface area (Å²) in [5.41, 5.74) is -1.22. The standard InChI is InChI=1S/C15H19FO3/c1-15(16,14(17)19-3)13(10-7-8-10)11-5-4-6-12(9-11)18-2/h4-6,9-10,13H,7-8H2,1-3H3. The fraction of sp³-hybridized carbons (Fsp3) is 0.533. The molecule has 1 fully saturated rings. The van der Waals surface area contributed by atoms with E-state index in [2.05, 4.69) is 4.74 Å². The van der Waals surface area contributed by atoms with E-state index in [1.165, 1.54) is 14.0 Å². The maximum absolute atomic E-state index is 14.8. The van der Waals surface area contributed by atoms with Gasteiger partial charge in [-0.25, -0.2) is 9.18 Å². The number of methoxy groups -OCH3 is 2. The minimum Gasteiger partial charge on any atom is -0.497 e. The van der Waals surface area contributed by atoms with Crippen molar-refractivity contribution in [3.05, 3.63) is 29.8 Å². The number of rotatable bonds is 5. The lowest BCUT2D eigenvalue weighted by atomic mass is 9.81. The van der Waals surface area contributed by atoms with Gasteiger partial charge in [0.05, 0.1) is 14.2 Å². The summed E-state index contributed by atoms with van der Waals surface area (Å²) in [6.07, 6.45) is 1.89. The van der Waals surface area contributed by atoms with E-state index in [0.717, 1.165) is 18.4 Å². The van der Waals surface area contributed by atoms with E-state index in [1.54, 1.807) is 19.2 Å². The Morgan fingerprint density at radius 3 is 2.63 bits per heavy atom. The van der Waals surface area contributed by atoms with Crippen LogP contribution in [0, 0.1) is 5.92 Å². The average Bonchev–Trinajstić information content (AvgIpc) is 3.22. The highest BCUT2D eigenvalue weighted by atomic mass is 19.1. The third-order valence-electron chi connectivity index (χ3n) is 3.71. The zero-order chi connectivity index (χ0) is 14.0. The highest BCUT2D eigenvalue weighted by Crippen LogP contribution is 2.50. The molecule has 1 aliphatic rings. The first-order valence-electron chi connectivity index (χ1n) is 6.42. The van der Waals surface area contributed by atoms with Gasteiger partial charge in [-0.2, -0.15) is 0 Å². The first-order valence-corrected chi connectivity index (χ1v) is 6.42. The van der Waals surface area contributed by atoms with E-state index in [1.807, 2.05) is 12.1 Å². The normalized spacial score (nSPS) is 19.4. The summed E-state index contributed by atoms with van der Waals surface area (Å²) in [7, 11) is 2.79. The Kier molecular flexibility index (Phi) is 3.78. The van der Waals surface area contributed by atoms with Crippen molar-refractivity contribution in [3.8, 4) is 5.75 Å². The van der Waals surface area contributed by atoms with Crippen LogP contribution in [-0.4, -0.2) is 25.9 Å². The van der Waals surface area contributed by atoms with Crippen LogP contribution in [0.15, 0.2) is 24.3 Å². The van der Waals surface area contributed by atoms with Gasteiger partial charge < -0.3 is 9.47 Å². The Labute approximate surface area is 112 Å². The predicted octanol–water partition coefficient (Wildman–Crippen LogP) is 3.09. The number of hydrogen-bond acceptors (Lipinski definition) is 3. The molecule has 0 spiro atoms. The van der Waals surface area contributed by atoms with Gasteiger partial charge in [-0.15, -0.1) is 0 Å². The lowest BCUT2D eigenvalue weighted by Crippen LogP contribution is -2.39. The van der Waals surface area contributed by atoms with Crippen molar-refractivity contribution in [2.45, 2.75) is 31.4 Å². The molecule has 19 heavy (non-hydrogen) atoms. The summed E-state index contributed by atoms with van der Waals surface area (Å²) >= 11 is 0. The molecule has 104 valence electrons. The Morgan fingerprint density at radius 2 is 2.11 bits per heavy atom. The summed E-state index contributed by atoms with van der Waals surface area (Å²) in [4.78, 5) is 11.7. The molecule has 0 heterocycles. The van der Waals surface area contributed by atoms with Gasteiger partial charge in [-0.3, -0.25) is 0 Å². The molecule has 0 radical (unpaired) electrons. The van der Waals surface area contributed by atoms with Crippen LogP contribution in [0.5, 0.6) is 5.75 Å². The highest BCUT2D eigenvalue weighted by Gasteiger charge is 2.50. The van der Waals surface area contributed by atoms with Gasteiger partial charge in [0.25, 0.3) is 0 Å². The van der Waals surface area contributed by atoms with Crippen molar-refractivity contribution in [2.75, 3.05) is 14.2 Å². The molecule has 3 nitrogen and oxygen atoms in total. The van der Waals surface area contributed by atoms with Crippen LogP contribution in [0.2, 0.25) is 0 Å². The smallest absolute Gasteiger partial charge is 0.343 e. The monoisotopic (exact) mass is 266 g/mol. The van der Waals surface area contributed by atoms with E-state index in [-0.39, 0.29) is 5.92 Å². The fourth-order valence-corrected chi connectivity index (χ4v) is 2.62. The van der Waals surface area contributed by atoms with Crippen molar-refractivity contribution in [3.63, 3.8) is 0 Å². The van der Waals surface area contributed by atoms with Gasteiger partial charge in [-0.1, -0.05) is 12.1 Å². The largest absolute Gasteiger partial charge is 0.497 e. The molecule has 2 unspecified atom stereocenters. The minimum absolute atomic E-state index is 0.196. The van der Waals surface area contributed by atoms with Gasteiger partial charge in [0.2, 0.25) is 5.67 Å². The van der Waals surface area contributed by atoms with Gasteiger partial charge >= 0.3 is 5.97 Å². The molecule has 2 rings (SSSR count). The molecule has 0 saturated heterocycles. The number of alkyl halides is 1. The number of halogens is 1. The second-order valence-corrected chi connectivity index (χ2v) is 5.16. The lowest BCUT2D eigenvalue weighted by Gasteiger charge is -2.28. The number of hydrogen-bond donors (Lipinski definition) is 0. The molecule has 0 bridgehead atoms. The van der Waals surface area contributed by atoms with Crippen LogP contribution in [0.3, 0.4) is 0 Å². The maximum atomic E-state index is 14.8. The first kappa shape index (κ1) is 13.8. The van der Waals surface area contributed by atoms with Crippen LogP contribution >= 0.6 is 0 Å². The third kappa shape index (κ3) is 2.72. The molecule has 0 aliphatic heterocycles. The van der Waals surface area contributed by atoms with Crippen LogP contribution in [0.4, 0.5) is 4.39 Å². The van der Waals surface area contributed by atoms with Crippen LogP contribution < -0.4 is 4.74 Å². The zero-order valence-electron chi connectivity index (χ0n) is 11.5. The number of ether oxygens (including phenoxy) is 2. The average molecular weight is 266 g/mol. The Balaban J connectivity index is 2.37. The number of carbonyl (C=O) groups excluding carboxylic acids is 1. The molecule has 1 aliphatic carbocycles. The maximum Gasteiger partial charge on any atom is 0.343 e. The van der Waals surface area contributed by atoms with Crippen molar-refractivity contribution in [1.29, 1.82) is 0 Å². The van der Waals surface area contributed by atoms with Crippen molar-refractivity contribution in [1.82, 2.24) is 0 Å². The van der Waals surface area contributed by atoms with Crippen molar-refractivity contribution in [2.24, 2.45) is 5.92 Å². The van der Waals surface area contributed by atoms with Crippen LogP contribution in [0.25, 0.3) is 0 Å². The molecule has 1 aromatic carbocycles. The summed E-state index contributed by atoms with van der Waals surface area (Å²) in [6, 6.07) is 7.26. The van der Waals surface area contributed by atoms with E-state index in [9.17, 15) is 9.18 Å². The number of carbonyl (C=O) groups is 1. The fourth-order valence-electron chi connectivity index (χ4n) is 2.62.